The molecule has 3 atom stereocenters. The monoisotopic (exact) mass is 380 g/mol. The van der Waals surface area contributed by atoms with E-state index in [9.17, 15) is 20.1 Å². The summed E-state index contributed by atoms with van der Waals surface area (Å²) in [5.74, 6) is -0.504. The van der Waals surface area contributed by atoms with Crippen LogP contribution < -0.4 is 0 Å². The van der Waals surface area contributed by atoms with Crippen molar-refractivity contribution in [2.75, 3.05) is 0 Å². The molecule has 1 aliphatic rings. The van der Waals surface area contributed by atoms with Gasteiger partial charge in [-0.3, -0.25) is 4.79 Å². The van der Waals surface area contributed by atoms with Crippen LogP contribution in [0.2, 0.25) is 0 Å². The highest BCUT2D eigenvalue weighted by Crippen LogP contribution is 2.27. The average molecular weight is 381 g/mol. The molecule has 0 heterocycles. The van der Waals surface area contributed by atoms with Crippen LogP contribution in [-0.2, 0) is 4.79 Å². The van der Waals surface area contributed by atoms with Gasteiger partial charge in [0.15, 0.2) is 11.4 Å². The molecule has 0 aliphatic heterocycles. The Morgan fingerprint density at radius 1 is 0.889 bits per heavy atom. The fourth-order valence-corrected chi connectivity index (χ4v) is 3.60. The predicted octanol–water partition coefficient (Wildman–Crippen LogP) is 4.62. The first-order valence-electron chi connectivity index (χ1n) is 11.0. The molecule has 0 radical (unpaired) electrons. The van der Waals surface area contributed by atoms with Crippen molar-refractivity contribution in [1.82, 2.24) is 0 Å². The lowest BCUT2D eigenvalue weighted by Crippen LogP contribution is -2.56. The topological polar surface area (TPSA) is 77.8 Å². The molecule has 27 heavy (non-hydrogen) atoms. The molecule has 0 fully saturated rings. The zero-order valence-corrected chi connectivity index (χ0v) is 17.1. The third kappa shape index (κ3) is 9.18. The second-order valence-corrected chi connectivity index (χ2v) is 7.92. The molecule has 0 bridgehead atoms. The fraction of sp³-hybridized carbons (Fsp3) is 0.783. The van der Waals surface area contributed by atoms with Gasteiger partial charge in [-0.15, -0.1) is 0 Å². The van der Waals surface area contributed by atoms with Crippen LogP contribution in [0.4, 0.5) is 0 Å². The van der Waals surface area contributed by atoms with Gasteiger partial charge in [-0.2, -0.15) is 0 Å². The second kappa shape index (κ2) is 14.1. The Morgan fingerprint density at radius 3 is 2.00 bits per heavy atom. The van der Waals surface area contributed by atoms with Crippen molar-refractivity contribution in [3.8, 4) is 0 Å². The number of ketones is 1. The van der Waals surface area contributed by atoms with Crippen LogP contribution in [0.15, 0.2) is 24.3 Å². The Morgan fingerprint density at radius 2 is 1.41 bits per heavy atom. The smallest absolute Gasteiger partial charge is 0.189 e. The summed E-state index contributed by atoms with van der Waals surface area (Å²) in [7, 11) is 0. The number of carbonyl (C=O) groups excluding carboxylic acids is 1. The highest BCUT2D eigenvalue weighted by molar-refractivity contribution is 5.98. The summed E-state index contributed by atoms with van der Waals surface area (Å²) in [5.41, 5.74) is -1.83. The fourth-order valence-electron chi connectivity index (χ4n) is 3.60. The summed E-state index contributed by atoms with van der Waals surface area (Å²) < 4.78 is 0. The number of unbranched alkanes of at least 4 members (excludes halogenated alkanes) is 11. The maximum atomic E-state index is 11.8. The molecule has 0 amide bonds. The largest absolute Gasteiger partial charge is 0.387 e. The van der Waals surface area contributed by atoms with E-state index in [1.165, 1.54) is 63.5 Å². The molecule has 1 rings (SSSR count). The van der Waals surface area contributed by atoms with E-state index in [0.29, 0.717) is 6.42 Å². The van der Waals surface area contributed by atoms with E-state index in [-0.39, 0.29) is 6.42 Å². The first-order chi connectivity index (χ1) is 13.0. The first kappa shape index (κ1) is 24.1. The molecule has 0 aromatic carbocycles. The quantitative estimate of drug-likeness (QED) is 0.286. The van der Waals surface area contributed by atoms with Crippen molar-refractivity contribution in [2.45, 2.75) is 115 Å². The summed E-state index contributed by atoms with van der Waals surface area (Å²) in [5, 5.41) is 29.9. The zero-order valence-electron chi connectivity index (χ0n) is 17.1. The van der Waals surface area contributed by atoms with E-state index < -0.39 is 23.6 Å². The number of rotatable bonds is 15. The van der Waals surface area contributed by atoms with Gasteiger partial charge in [0.25, 0.3) is 0 Å². The van der Waals surface area contributed by atoms with E-state index in [2.05, 4.69) is 19.1 Å². The van der Waals surface area contributed by atoms with Gasteiger partial charge >= 0.3 is 0 Å². The Balaban J connectivity index is 1.98. The van der Waals surface area contributed by atoms with Crippen LogP contribution in [0.25, 0.3) is 0 Å². The van der Waals surface area contributed by atoms with E-state index in [1.54, 1.807) is 0 Å². The van der Waals surface area contributed by atoms with Gasteiger partial charge in [-0.1, -0.05) is 76.9 Å². The minimum Gasteiger partial charge on any atom is -0.387 e. The number of aliphatic hydroxyl groups excluding tert-OH is 2. The number of allylic oxidation sites excluding steroid dienone is 2. The van der Waals surface area contributed by atoms with Gasteiger partial charge in [0.1, 0.15) is 12.2 Å². The van der Waals surface area contributed by atoms with Crippen molar-refractivity contribution < 1.29 is 20.1 Å². The van der Waals surface area contributed by atoms with Crippen molar-refractivity contribution in [3.63, 3.8) is 0 Å². The molecule has 0 aromatic heterocycles. The first-order valence-corrected chi connectivity index (χ1v) is 11.0. The van der Waals surface area contributed by atoms with Gasteiger partial charge < -0.3 is 15.3 Å². The Labute approximate surface area is 165 Å². The molecule has 0 unspecified atom stereocenters. The lowest BCUT2D eigenvalue weighted by atomic mass is 9.80. The standard InChI is InChI=1S/C23H40O4/c1-2-3-4-5-6-7-8-9-10-11-12-13-14-15-16-19-23(27)21(25)18-17-20(24)22(23)26/h9-10,17-18,20,22,24,26-27H,2-8,11-16,19H2,1H3/b10-9-/t20-,22+,23-/m0/s1. The Bertz CT molecular complexity index is 457. The molecule has 1 aliphatic carbocycles. The summed E-state index contributed by atoms with van der Waals surface area (Å²) >= 11 is 0. The lowest BCUT2D eigenvalue weighted by molar-refractivity contribution is -0.158. The molecular weight excluding hydrogens is 340 g/mol. The Hall–Kier alpha value is -0.970. The van der Waals surface area contributed by atoms with Gasteiger partial charge in [-0.05, 0) is 44.3 Å². The molecule has 0 spiro atoms. The SMILES string of the molecule is CCCCCCCC/C=C\CCCCCCC[C@]1(O)C(=O)C=C[C@H](O)[C@H]1O. The molecular formula is C23H40O4. The third-order valence-electron chi connectivity index (χ3n) is 5.50. The van der Waals surface area contributed by atoms with Crippen LogP contribution >= 0.6 is 0 Å². The van der Waals surface area contributed by atoms with Gasteiger partial charge in [0, 0.05) is 0 Å². The summed E-state index contributed by atoms with van der Waals surface area (Å²) in [4.78, 5) is 11.8. The number of hydrogen-bond acceptors (Lipinski definition) is 4. The summed E-state index contributed by atoms with van der Waals surface area (Å²) in [6, 6.07) is 0. The number of aliphatic hydroxyl groups is 3. The van der Waals surface area contributed by atoms with Crippen molar-refractivity contribution in [1.29, 1.82) is 0 Å². The minimum absolute atomic E-state index is 0.201. The van der Waals surface area contributed by atoms with E-state index in [0.717, 1.165) is 25.7 Å². The predicted molar refractivity (Wildman–Crippen MR) is 111 cm³/mol. The van der Waals surface area contributed by atoms with Crippen molar-refractivity contribution in [3.05, 3.63) is 24.3 Å². The molecule has 0 aromatic rings. The van der Waals surface area contributed by atoms with Crippen LogP contribution in [0.1, 0.15) is 96.8 Å². The Kier molecular flexibility index (Phi) is 12.6. The van der Waals surface area contributed by atoms with Crippen LogP contribution in [0, 0.1) is 0 Å². The van der Waals surface area contributed by atoms with E-state index in [4.69, 9.17) is 0 Å². The minimum atomic E-state index is -1.83. The second-order valence-electron chi connectivity index (χ2n) is 7.92. The molecule has 0 saturated heterocycles. The third-order valence-corrected chi connectivity index (χ3v) is 5.50. The van der Waals surface area contributed by atoms with Crippen LogP contribution in [-0.4, -0.2) is 38.9 Å². The number of hydrogen-bond donors (Lipinski definition) is 3. The van der Waals surface area contributed by atoms with Crippen molar-refractivity contribution in [2.24, 2.45) is 0 Å². The molecule has 4 heteroatoms. The number of carbonyl (C=O) groups is 1. The lowest BCUT2D eigenvalue weighted by Gasteiger charge is -2.35. The maximum absolute atomic E-state index is 11.8. The summed E-state index contributed by atoms with van der Waals surface area (Å²) in [6.07, 6.45) is 20.0. The normalized spacial score (nSPS) is 25.6. The van der Waals surface area contributed by atoms with E-state index >= 15 is 0 Å². The van der Waals surface area contributed by atoms with E-state index in [1.807, 2.05) is 0 Å². The van der Waals surface area contributed by atoms with Gasteiger partial charge in [0.2, 0.25) is 0 Å². The van der Waals surface area contributed by atoms with Gasteiger partial charge in [0.05, 0.1) is 0 Å². The summed E-state index contributed by atoms with van der Waals surface area (Å²) in [6.45, 7) is 2.25. The maximum Gasteiger partial charge on any atom is 0.189 e. The molecule has 3 N–H and O–H groups in total. The highest BCUT2D eigenvalue weighted by atomic mass is 16.4. The highest BCUT2D eigenvalue weighted by Gasteiger charge is 2.46. The van der Waals surface area contributed by atoms with Gasteiger partial charge in [-0.25, -0.2) is 0 Å². The van der Waals surface area contributed by atoms with Crippen LogP contribution in [0.3, 0.4) is 0 Å². The molecule has 0 saturated carbocycles. The van der Waals surface area contributed by atoms with Crippen LogP contribution in [0.5, 0.6) is 0 Å². The zero-order chi connectivity index (χ0) is 20.0. The van der Waals surface area contributed by atoms with Crippen molar-refractivity contribution >= 4 is 5.78 Å². The molecule has 156 valence electrons. The molecule has 4 nitrogen and oxygen atoms in total. The average Bonchev–Trinajstić information content (AvgIpc) is 2.66.